The van der Waals surface area contributed by atoms with E-state index in [2.05, 4.69) is 24.3 Å². The highest BCUT2D eigenvalue weighted by atomic mass is 16.7. The molecule has 0 saturated heterocycles. The van der Waals surface area contributed by atoms with Crippen LogP contribution in [0, 0.1) is 0 Å². The standard InChI is InChI=1S/C19H22O4/c1-21-17-8-5-14(6-9-17)4-7-16-12-19-18(22-13-23-19)11-15(16)3-2-10-20/h5-6,8-9,11-12,20H,2-4,7,10,13H2,1H3. The molecular formula is C19H22O4. The van der Waals surface area contributed by atoms with Crippen molar-refractivity contribution < 1.29 is 19.3 Å². The minimum atomic E-state index is 0.201. The lowest BCUT2D eigenvalue weighted by molar-refractivity contribution is 0.174. The van der Waals surface area contributed by atoms with Crippen LogP contribution in [0.25, 0.3) is 0 Å². The fourth-order valence-electron chi connectivity index (χ4n) is 2.83. The van der Waals surface area contributed by atoms with E-state index in [0.29, 0.717) is 0 Å². The maximum Gasteiger partial charge on any atom is 0.231 e. The highest BCUT2D eigenvalue weighted by Gasteiger charge is 2.17. The van der Waals surface area contributed by atoms with Crippen molar-refractivity contribution in [2.75, 3.05) is 20.5 Å². The third-order valence-electron chi connectivity index (χ3n) is 4.14. The molecule has 0 spiro atoms. The van der Waals surface area contributed by atoms with Gasteiger partial charge in [0.25, 0.3) is 0 Å². The van der Waals surface area contributed by atoms with Crippen LogP contribution in [-0.2, 0) is 19.3 Å². The molecule has 0 radical (unpaired) electrons. The Hall–Kier alpha value is -2.20. The van der Waals surface area contributed by atoms with Gasteiger partial charge in [-0.1, -0.05) is 12.1 Å². The minimum Gasteiger partial charge on any atom is -0.497 e. The van der Waals surface area contributed by atoms with Crippen LogP contribution in [0.3, 0.4) is 0 Å². The maximum atomic E-state index is 9.10. The second-order valence-electron chi connectivity index (χ2n) is 5.65. The number of hydrogen-bond acceptors (Lipinski definition) is 4. The number of aliphatic hydroxyl groups excluding tert-OH is 1. The van der Waals surface area contributed by atoms with Gasteiger partial charge in [-0.05, 0) is 66.6 Å². The van der Waals surface area contributed by atoms with Gasteiger partial charge in [0.1, 0.15) is 5.75 Å². The molecular weight excluding hydrogens is 292 g/mol. The Labute approximate surface area is 136 Å². The first-order valence-electron chi connectivity index (χ1n) is 7.95. The van der Waals surface area contributed by atoms with E-state index in [1.165, 1.54) is 16.7 Å². The summed E-state index contributed by atoms with van der Waals surface area (Å²) in [4.78, 5) is 0. The molecule has 0 amide bonds. The van der Waals surface area contributed by atoms with E-state index in [4.69, 9.17) is 19.3 Å². The smallest absolute Gasteiger partial charge is 0.231 e. The molecule has 1 heterocycles. The first-order valence-corrected chi connectivity index (χ1v) is 7.95. The molecule has 4 nitrogen and oxygen atoms in total. The minimum absolute atomic E-state index is 0.201. The van der Waals surface area contributed by atoms with Gasteiger partial charge in [-0.25, -0.2) is 0 Å². The van der Waals surface area contributed by atoms with E-state index < -0.39 is 0 Å². The number of aryl methyl sites for hydroxylation is 3. The summed E-state index contributed by atoms with van der Waals surface area (Å²) in [5.74, 6) is 2.51. The molecule has 3 rings (SSSR count). The van der Waals surface area contributed by atoms with E-state index in [1.807, 2.05) is 12.1 Å². The average molecular weight is 314 g/mol. The Balaban J connectivity index is 1.74. The Morgan fingerprint density at radius 2 is 1.61 bits per heavy atom. The van der Waals surface area contributed by atoms with Gasteiger partial charge in [-0.2, -0.15) is 0 Å². The molecule has 0 aromatic heterocycles. The van der Waals surface area contributed by atoms with E-state index >= 15 is 0 Å². The normalized spacial score (nSPS) is 12.4. The molecule has 0 aliphatic carbocycles. The number of fused-ring (bicyclic) bond motifs is 1. The molecule has 122 valence electrons. The molecule has 4 heteroatoms. The first kappa shape index (κ1) is 15.7. The van der Waals surface area contributed by atoms with Crippen LogP contribution in [0.2, 0.25) is 0 Å². The van der Waals surface area contributed by atoms with Gasteiger partial charge in [0, 0.05) is 6.61 Å². The largest absolute Gasteiger partial charge is 0.497 e. The number of aliphatic hydroxyl groups is 1. The zero-order valence-electron chi connectivity index (χ0n) is 13.4. The molecule has 0 saturated carbocycles. The fraction of sp³-hybridized carbons (Fsp3) is 0.368. The van der Waals surface area contributed by atoms with Crippen molar-refractivity contribution in [3.05, 3.63) is 53.1 Å². The third-order valence-corrected chi connectivity index (χ3v) is 4.14. The predicted octanol–water partition coefficient (Wildman–Crippen LogP) is 3.13. The van der Waals surface area contributed by atoms with E-state index in [-0.39, 0.29) is 13.4 Å². The predicted molar refractivity (Wildman–Crippen MR) is 88.4 cm³/mol. The molecule has 0 unspecified atom stereocenters. The lowest BCUT2D eigenvalue weighted by atomic mass is 9.96. The second-order valence-corrected chi connectivity index (χ2v) is 5.65. The monoisotopic (exact) mass is 314 g/mol. The SMILES string of the molecule is COc1ccc(CCc2cc3c(cc2CCCO)OCO3)cc1. The summed E-state index contributed by atoms with van der Waals surface area (Å²) < 4.78 is 16.1. The van der Waals surface area contributed by atoms with Gasteiger partial charge in [-0.3, -0.25) is 0 Å². The van der Waals surface area contributed by atoms with Crippen molar-refractivity contribution in [1.29, 1.82) is 0 Å². The summed E-state index contributed by atoms with van der Waals surface area (Å²) in [6, 6.07) is 12.3. The summed E-state index contributed by atoms with van der Waals surface area (Å²) >= 11 is 0. The van der Waals surface area contributed by atoms with Crippen LogP contribution in [0.5, 0.6) is 17.2 Å². The molecule has 1 aliphatic rings. The van der Waals surface area contributed by atoms with Crippen molar-refractivity contribution in [1.82, 2.24) is 0 Å². The number of benzene rings is 2. The Morgan fingerprint density at radius 3 is 2.22 bits per heavy atom. The Morgan fingerprint density at radius 1 is 0.957 bits per heavy atom. The van der Waals surface area contributed by atoms with Crippen LogP contribution in [-0.4, -0.2) is 25.6 Å². The number of rotatable bonds is 7. The Kier molecular flexibility index (Phi) is 5.03. The topological polar surface area (TPSA) is 47.9 Å². The third kappa shape index (κ3) is 3.77. The van der Waals surface area contributed by atoms with Gasteiger partial charge in [-0.15, -0.1) is 0 Å². The van der Waals surface area contributed by atoms with Crippen molar-refractivity contribution in [3.8, 4) is 17.2 Å². The van der Waals surface area contributed by atoms with Crippen LogP contribution in [0.1, 0.15) is 23.1 Å². The van der Waals surface area contributed by atoms with E-state index in [0.717, 1.165) is 42.9 Å². The highest BCUT2D eigenvalue weighted by Crippen LogP contribution is 2.35. The maximum absolute atomic E-state index is 9.10. The summed E-state index contributed by atoms with van der Waals surface area (Å²) in [7, 11) is 1.68. The average Bonchev–Trinajstić information content (AvgIpc) is 3.05. The van der Waals surface area contributed by atoms with Gasteiger partial charge in [0.05, 0.1) is 7.11 Å². The zero-order valence-corrected chi connectivity index (χ0v) is 13.4. The van der Waals surface area contributed by atoms with Crippen LogP contribution in [0.15, 0.2) is 36.4 Å². The lowest BCUT2D eigenvalue weighted by Crippen LogP contribution is -1.99. The molecule has 0 atom stereocenters. The molecule has 2 aromatic rings. The quantitative estimate of drug-likeness (QED) is 0.853. The molecule has 0 bridgehead atoms. The number of methoxy groups -OCH3 is 1. The van der Waals surface area contributed by atoms with Crippen molar-refractivity contribution >= 4 is 0 Å². The first-order chi connectivity index (χ1) is 11.3. The van der Waals surface area contributed by atoms with Crippen LogP contribution >= 0.6 is 0 Å². The summed E-state index contributed by atoms with van der Waals surface area (Å²) in [5.41, 5.74) is 3.77. The summed E-state index contributed by atoms with van der Waals surface area (Å²) in [6.45, 7) is 0.489. The van der Waals surface area contributed by atoms with E-state index in [1.54, 1.807) is 7.11 Å². The van der Waals surface area contributed by atoms with Gasteiger partial charge in [0.15, 0.2) is 11.5 Å². The summed E-state index contributed by atoms with van der Waals surface area (Å²) in [5, 5.41) is 9.10. The fourth-order valence-corrected chi connectivity index (χ4v) is 2.83. The zero-order chi connectivity index (χ0) is 16.1. The molecule has 1 N–H and O–H groups in total. The van der Waals surface area contributed by atoms with Gasteiger partial charge in [0.2, 0.25) is 6.79 Å². The van der Waals surface area contributed by atoms with Crippen molar-refractivity contribution in [3.63, 3.8) is 0 Å². The molecule has 1 aliphatic heterocycles. The van der Waals surface area contributed by atoms with Crippen LogP contribution in [0.4, 0.5) is 0 Å². The number of ether oxygens (including phenoxy) is 3. The van der Waals surface area contributed by atoms with Crippen molar-refractivity contribution in [2.45, 2.75) is 25.7 Å². The highest BCUT2D eigenvalue weighted by molar-refractivity contribution is 5.49. The van der Waals surface area contributed by atoms with Gasteiger partial charge < -0.3 is 19.3 Å². The van der Waals surface area contributed by atoms with Crippen LogP contribution < -0.4 is 14.2 Å². The second kappa shape index (κ2) is 7.38. The molecule has 23 heavy (non-hydrogen) atoms. The van der Waals surface area contributed by atoms with Crippen molar-refractivity contribution in [2.24, 2.45) is 0 Å². The molecule has 0 fully saturated rings. The van der Waals surface area contributed by atoms with E-state index in [9.17, 15) is 0 Å². The van der Waals surface area contributed by atoms with Gasteiger partial charge >= 0.3 is 0 Å². The lowest BCUT2D eigenvalue weighted by Gasteiger charge is -2.11. The molecule has 2 aromatic carbocycles. The summed E-state index contributed by atoms with van der Waals surface area (Å²) in [6.07, 6.45) is 3.50. The number of hydrogen-bond donors (Lipinski definition) is 1. The Bertz CT molecular complexity index is 649.